The topological polar surface area (TPSA) is 32.2 Å². The molecule has 2 aliphatic rings. The van der Waals surface area contributed by atoms with E-state index in [9.17, 15) is 0 Å². The van der Waals surface area contributed by atoms with Crippen molar-refractivity contribution in [3.05, 3.63) is 388 Å². The van der Waals surface area contributed by atoms with E-state index < -0.39 is 0 Å². The van der Waals surface area contributed by atoms with E-state index in [1.54, 1.807) is 0 Å². The van der Waals surface area contributed by atoms with Crippen molar-refractivity contribution in [2.45, 2.75) is 26.2 Å². The second-order valence-corrected chi connectivity index (χ2v) is 31.4. The van der Waals surface area contributed by atoms with E-state index in [4.69, 9.17) is 4.74 Å². The van der Waals surface area contributed by atoms with Crippen molar-refractivity contribution in [2.75, 3.05) is 4.90 Å². The molecule has 0 saturated carbocycles. The van der Waals surface area contributed by atoms with Crippen LogP contribution in [-0.2, 0) is 5.41 Å². The first-order valence-corrected chi connectivity index (χ1v) is 39.3. The summed E-state index contributed by atoms with van der Waals surface area (Å²) in [5.74, 6) is 1.63. The van der Waals surface area contributed by atoms with Gasteiger partial charge in [-0.15, -0.1) is 0 Å². The molecule has 0 unspecified atom stereocenters. The molecule has 0 amide bonds. The number of hydrogen-bond acceptors (Lipinski definition) is 2. The fourth-order valence-corrected chi connectivity index (χ4v) is 19.3. The molecule has 21 aromatic rings. The van der Waals surface area contributed by atoms with Crippen LogP contribution < -0.4 is 26.0 Å². The Morgan fingerprint density at radius 2 is 0.699 bits per heavy atom. The number of nitrogens with zero attached hydrogens (tertiary/aromatic N) is 5. The summed E-state index contributed by atoms with van der Waals surface area (Å²) in [5, 5.41) is 9.60. The van der Waals surface area contributed by atoms with E-state index in [-0.39, 0.29) is 12.1 Å². The summed E-state index contributed by atoms with van der Waals surface area (Å²) in [6, 6.07) is 142. The third-order valence-corrected chi connectivity index (χ3v) is 24.2. The maximum Gasteiger partial charge on any atom is 0.256 e. The molecule has 6 heterocycles. The molecule has 0 bridgehead atoms. The molecule has 7 heteroatoms. The molecule has 113 heavy (non-hydrogen) atoms. The normalized spacial score (nSPS) is 12.6. The van der Waals surface area contributed by atoms with E-state index in [0.29, 0.717) is 0 Å². The molecule has 0 atom stereocenters. The van der Waals surface area contributed by atoms with Crippen LogP contribution in [0, 0.1) is 0 Å². The maximum atomic E-state index is 7.92. The average molecular weight is 1440 g/mol. The van der Waals surface area contributed by atoms with Crippen LogP contribution in [0.2, 0.25) is 0 Å². The Morgan fingerprint density at radius 3 is 1.29 bits per heavy atom. The molecular weight excluding hydrogens is 1370 g/mol. The summed E-state index contributed by atoms with van der Waals surface area (Å²) in [4.78, 5) is 2.56. The summed E-state index contributed by atoms with van der Waals surface area (Å²) >= 11 is 0. The van der Waals surface area contributed by atoms with Crippen LogP contribution in [0.25, 0.3) is 166 Å². The lowest BCUT2D eigenvalue weighted by atomic mass is 9.34. The van der Waals surface area contributed by atoms with E-state index in [0.717, 1.165) is 162 Å². The highest BCUT2D eigenvalue weighted by Crippen LogP contribution is 2.52. The number of hydrogen-bond donors (Lipinski definition) is 0. The first kappa shape index (κ1) is 64.6. The fraction of sp³-hybridized carbons (Fsp3) is 0.0377. The van der Waals surface area contributed by atoms with Gasteiger partial charge in [-0.3, -0.25) is 0 Å². The van der Waals surface area contributed by atoms with E-state index >= 15 is 0 Å². The van der Waals surface area contributed by atoms with Crippen molar-refractivity contribution in [1.29, 1.82) is 0 Å². The lowest BCUT2D eigenvalue weighted by Crippen LogP contribution is -2.59. The van der Waals surface area contributed by atoms with Crippen molar-refractivity contribution in [1.82, 2.24) is 18.3 Å². The fourth-order valence-electron chi connectivity index (χ4n) is 19.3. The molecule has 0 N–H and O–H groups in total. The van der Waals surface area contributed by atoms with Crippen LogP contribution in [0.3, 0.4) is 0 Å². The van der Waals surface area contributed by atoms with Gasteiger partial charge in [0, 0.05) is 88.2 Å². The monoisotopic (exact) mass is 1440 g/mol. The lowest BCUT2D eigenvalue weighted by molar-refractivity contribution is 0.488. The minimum atomic E-state index is -0.304. The van der Waals surface area contributed by atoms with Crippen LogP contribution in [0.5, 0.6) is 11.5 Å². The highest BCUT2D eigenvalue weighted by atomic mass is 16.5. The van der Waals surface area contributed by atoms with Gasteiger partial charge in [0.1, 0.15) is 11.5 Å². The van der Waals surface area contributed by atoms with Crippen molar-refractivity contribution >= 4 is 127 Å². The van der Waals surface area contributed by atoms with Crippen molar-refractivity contribution in [3.63, 3.8) is 0 Å². The van der Waals surface area contributed by atoms with Gasteiger partial charge in [-0.1, -0.05) is 288 Å². The number of ether oxygens (including phenoxy) is 1. The molecule has 4 aromatic heterocycles. The number of fused-ring (bicyclic) bond motifs is 16. The van der Waals surface area contributed by atoms with Crippen LogP contribution in [0.1, 0.15) is 26.3 Å². The minimum absolute atomic E-state index is 0.0994. The Hall–Kier alpha value is -14.4. The summed E-state index contributed by atoms with van der Waals surface area (Å²) in [6.07, 6.45) is 0. The first-order chi connectivity index (χ1) is 55.8. The Balaban J connectivity index is 0.833. The van der Waals surface area contributed by atoms with Crippen LogP contribution >= 0.6 is 0 Å². The van der Waals surface area contributed by atoms with Gasteiger partial charge in [-0.25, -0.2) is 0 Å². The standard InChI is InChI=1S/C106H72BN5O/c1-106(2,3)71-57-59-74(60-58-71)109-94-62-56-69(101-80(41-26-52-95(101)111-89-47-20-13-35-75(89)76-36-14-21-48-90(76)111)81-42-27-54-97-103(81)85-40-18-24-51-93(85)108(97)72-31-9-5-10-32-72)63-87(94)107-86-61-55-68(67-29-7-4-8-30-67)65-99(86)113-100-66-70(64-98(109)104(100)107)102-82(43-28-53-96(102)112-91-49-22-15-37-77(91)78-38-16-23-50-92(78)112)84-45-25-44-83-79-39-17-19-46-88(79)110(105(83)84)73-33-11-6-12-34-73/h4-66H,1-3H3. The molecule has 6 nitrogen and oxygen atoms in total. The SMILES string of the molecule is CC(C)(C)c1ccc(N2c3ccc(-c4c(-c5cccc6c5c5ccccc5n6-c5ccccc5)cccc4-n4c5ccccc5c5ccccc54)cc3B3c4ccc(-c5ccccc5)cc4Oc4cc(-c5c(-c6cccc7c8ccccc8n(-c8ccccc8)c67)cccc5-n5c6ccccc6c6ccccc65)cc2c43)cc1. The number of anilines is 3. The largest absolute Gasteiger partial charge is 0.458 e. The minimum Gasteiger partial charge on any atom is -0.458 e. The highest BCUT2D eigenvalue weighted by Gasteiger charge is 2.44. The number of rotatable bonds is 10. The zero-order valence-electron chi connectivity index (χ0n) is 62.6. The second-order valence-electron chi connectivity index (χ2n) is 31.4. The van der Waals surface area contributed by atoms with E-state index in [1.807, 2.05) is 0 Å². The molecule has 0 saturated heterocycles. The average Bonchev–Trinajstić information content (AvgIpc) is 1.58. The summed E-state index contributed by atoms with van der Waals surface area (Å²) in [5.41, 5.74) is 32.3. The zero-order valence-corrected chi connectivity index (χ0v) is 62.6. The van der Waals surface area contributed by atoms with Gasteiger partial charge in [0.05, 0.1) is 55.5 Å². The third-order valence-electron chi connectivity index (χ3n) is 24.2. The Bertz CT molecular complexity index is 7400. The van der Waals surface area contributed by atoms with Crippen molar-refractivity contribution in [2.24, 2.45) is 0 Å². The van der Waals surface area contributed by atoms with Crippen molar-refractivity contribution in [3.8, 4) is 89.9 Å². The van der Waals surface area contributed by atoms with Gasteiger partial charge in [0.2, 0.25) is 0 Å². The number of para-hydroxylation sites is 9. The lowest BCUT2D eigenvalue weighted by Gasteiger charge is -2.41. The Labute approximate surface area is 654 Å². The molecule has 530 valence electrons. The van der Waals surface area contributed by atoms with Gasteiger partial charge in [0.15, 0.2) is 0 Å². The van der Waals surface area contributed by atoms with E-state index in [2.05, 4.69) is 426 Å². The quantitative estimate of drug-likeness (QED) is 0.128. The molecule has 17 aromatic carbocycles. The highest BCUT2D eigenvalue weighted by molar-refractivity contribution is 6.99. The van der Waals surface area contributed by atoms with Gasteiger partial charge < -0.3 is 27.9 Å². The molecule has 2 aliphatic heterocycles. The predicted molar refractivity (Wildman–Crippen MR) is 476 cm³/mol. The molecular formula is C106H72BN5O. The van der Waals surface area contributed by atoms with Gasteiger partial charge in [-0.05, 0) is 182 Å². The van der Waals surface area contributed by atoms with Crippen LogP contribution in [0.15, 0.2) is 382 Å². The van der Waals surface area contributed by atoms with Crippen molar-refractivity contribution < 1.29 is 4.74 Å². The zero-order chi connectivity index (χ0) is 74.7. The van der Waals surface area contributed by atoms with Gasteiger partial charge in [-0.2, -0.15) is 0 Å². The van der Waals surface area contributed by atoms with E-state index in [1.165, 1.54) is 54.1 Å². The smallest absolute Gasteiger partial charge is 0.256 e. The molecule has 0 radical (unpaired) electrons. The summed E-state index contributed by atoms with van der Waals surface area (Å²) < 4.78 is 17.9. The maximum absolute atomic E-state index is 7.92. The first-order valence-electron chi connectivity index (χ1n) is 39.3. The Kier molecular flexibility index (Phi) is 14.3. The predicted octanol–water partition coefficient (Wildman–Crippen LogP) is 26.1. The number of aromatic nitrogens is 4. The summed E-state index contributed by atoms with van der Waals surface area (Å²) in [6.45, 7) is 6.62. The number of benzene rings is 17. The molecule has 23 rings (SSSR count). The van der Waals surface area contributed by atoms with Gasteiger partial charge in [0.25, 0.3) is 6.71 Å². The second kappa shape index (κ2) is 25.1. The molecule has 0 aliphatic carbocycles. The Morgan fingerprint density at radius 1 is 0.257 bits per heavy atom. The molecule has 0 fully saturated rings. The van der Waals surface area contributed by atoms with Crippen LogP contribution in [-0.4, -0.2) is 25.0 Å². The molecule has 0 spiro atoms. The third kappa shape index (κ3) is 9.81. The van der Waals surface area contributed by atoms with Crippen LogP contribution in [0.4, 0.5) is 17.1 Å². The van der Waals surface area contributed by atoms with Gasteiger partial charge >= 0.3 is 0 Å². The summed E-state index contributed by atoms with van der Waals surface area (Å²) in [7, 11) is 0.